The molecule has 1 aliphatic heterocycles. The van der Waals surface area contributed by atoms with Gasteiger partial charge in [0.25, 0.3) is 0 Å². The topological polar surface area (TPSA) is 95.9 Å². The number of anilines is 1. The van der Waals surface area contributed by atoms with E-state index >= 15 is 0 Å². The molecule has 4 aromatic rings. The molecule has 3 aromatic carbocycles. The molecule has 11 heteroatoms. The second-order valence-electron chi connectivity index (χ2n) is 10.1. The first kappa shape index (κ1) is 29.2. The van der Waals surface area contributed by atoms with Crippen LogP contribution in [-0.2, 0) is 21.4 Å². The highest BCUT2D eigenvalue weighted by molar-refractivity contribution is 7.89. The highest BCUT2D eigenvalue weighted by Gasteiger charge is 2.30. The number of hydrogen-bond donors (Lipinski definition) is 0. The Kier molecular flexibility index (Phi) is 8.79. The average molecular weight is 590 g/mol. The molecule has 0 radical (unpaired) electrons. The fourth-order valence-corrected chi connectivity index (χ4v) is 6.12. The summed E-state index contributed by atoms with van der Waals surface area (Å²) in [6.45, 7) is 3.36. The SMILES string of the molecule is COc1cccc(-c2ccc(N3CCN(C(=O)CN(Cc4ccc(F)cc4)S(=O)(=O)c4ccc(C)cc4)CC3)nn2)c1. The Labute approximate surface area is 245 Å². The van der Waals surface area contributed by atoms with E-state index in [9.17, 15) is 17.6 Å². The number of piperazine rings is 1. The molecule has 218 valence electrons. The van der Waals surface area contributed by atoms with Crippen molar-refractivity contribution >= 4 is 21.7 Å². The Hall–Kier alpha value is -4.35. The number of carbonyl (C=O) groups excluding carboxylic acids is 1. The van der Waals surface area contributed by atoms with Crippen molar-refractivity contribution in [3.8, 4) is 17.0 Å². The van der Waals surface area contributed by atoms with Gasteiger partial charge in [-0.05, 0) is 61.0 Å². The number of aromatic nitrogens is 2. The largest absolute Gasteiger partial charge is 0.497 e. The van der Waals surface area contributed by atoms with Crippen molar-refractivity contribution < 1.29 is 22.3 Å². The molecule has 1 saturated heterocycles. The lowest BCUT2D eigenvalue weighted by molar-refractivity contribution is -0.131. The van der Waals surface area contributed by atoms with Crippen LogP contribution in [0.5, 0.6) is 5.75 Å². The molecule has 0 bridgehead atoms. The zero-order valence-electron chi connectivity index (χ0n) is 23.5. The molecule has 1 aromatic heterocycles. The number of sulfonamides is 1. The summed E-state index contributed by atoms with van der Waals surface area (Å²) in [5, 5.41) is 8.77. The van der Waals surface area contributed by atoms with E-state index in [2.05, 4.69) is 10.2 Å². The van der Waals surface area contributed by atoms with E-state index in [1.54, 1.807) is 24.1 Å². The number of halogens is 1. The minimum absolute atomic E-state index is 0.0581. The van der Waals surface area contributed by atoms with Gasteiger partial charge in [0.05, 0.1) is 24.2 Å². The quantitative estimate of drug-likeness (QED) is 0.290. The lowest BCUT2D eigenvalue weighted by Gasteiger charge is -2.36. The van der Waals surface area contributed by atoms with Gasteiger partial charge >= 0.3 is 0 Å². The van der Waals surface area contributed by atoms with E-state index in [0.29, 0.717) is 37.6 Å². The minimum Gasteiger partial charge on any atom is -0.497 e. The highest BCUT2D eigenvalue weighted by Crippen LogP contribution is 2.24. The van der Waals surface area contributed by atoms with Gasteiger partial charge in [0.1, 0.15) is 11.6 Å². The Morgan fingerprint density at radius 3 is 2.29 bits per heavy atom. The third-order valence-electron chi connectivity index (χ3n) is 7.21. The molecule has 9 nitrogen and oxygen atoms in total. The van der Waals surface area contributed by atoms with Gasteiger partial charge in [-0.25, -0.2) is 12.8 Å². The van der Waals surface area contributed by atoms with Gasteiger partial charge in [-0.15, -0.1) is 10.2 Å². The maximum Gasteiger partial charge on any atom is 0.243 e. The van der Waals surface area contributed by atoms with Crippen molar-refractivity contribution in [1.29, 1.82) is 0 Å². The predicted octanol–water partition coefficient (Wildman–Crippen LogP) is 4.14. The van der Waals surface area contributed by atoms with Gasteiger partial charge < -0.3 is 14.5 Å². The summed E-state index contributed by atoms with van der Waals surface area (Å²) in [6.07, 6.45) is 0. The number of rotatable bonds is 9. The van der Waals surface area contributed by atoms with E-state index in [1.807, 2.05) is 48.2 Å². The average Bonchev–Trinajstić information content (AvgIpc) is 3.02. The van der Waals surface area contributed by atoms with Gasteiger partial charge in [0.15, 0.2) is 5.82 Å². The number of ether oxygens (including phenoxy) is 1. The fourth-order valence-electron chi connectivity index (χ4n) is 4.74. The zero-order chi connectivity index (χ0) is 29.7. The van der Waals surface area contributed by atoms with Crippen LogP contribution in [0.1, 0.15) is 11.1 Å². The Bertz CT molecular complexity index is 1620. The number of nitrogens with zero attached hydrogens (tertiary/aromatic N) is 5. The predicted molar refractivity (Wildman–Crippen MR) is 158 cm³/mol. The summed E-state index contributed by atoms with van der Waals surface area (Å²) in [7, 11) is -2.37. The number of aryl methyl sites for hydroxylation is 1. The first-order chi connectivity index (χ1) is 20.2. The minimum atomic E-state index is -3.99. The van der Waals surface area contributed by atoms with Gasteiger partial charge in [-0.3, -0.25) is 4.79 Å². The molecular weight excluding hydrogens is 557 g/mol. The Morgan fingerprint density at radius 2 is 1.64 bits per heavy atom. The molecule has 0 saturated carbocycles. The monoisotopic (exact) mass is 589 g/mol. The third-order valence-corrected chi connectivity index (χ3v) is 9.02. The van der Waals surface area contributed by atoms with E-state index in [0.717, 1.165) is 26.9 Å². The van der Waals surface area contributed by atoms with Crippen LogP contribution in [-0.4, -0.2) is 73.6 Å². The molecule has 0 atom stereocenters. The van der Waals surface area contributed by atoms with Crippen LogP contribution >= 0.6 is 0 Å². The molecular formula is C31H32FN5O4S. The molecule has 5 rings (SSSR count). The van der Waals surface area contributed by atoms with Crippen LogP contribution < -0.4 is 9.64 Å². The van der Waals surface area contributed by atoms with Crippen LogP contribution in [0.4, 0.5) is 10.2 Å². The van der Waals surface area contributed by atoms with E-state index in [1.165, 1.54) is 36.4 Å². The smallest absolute Gasteiger partial charge is 0.243 e. The maximum atomic E-state index is 13.6. The summed E-state index contributed by atoms with van der Waals surface area (Å²) >= 11 is 0. The van der Waals surface area contributed by atoms with Gasteiger partial charge in [-0.1, -0.05) is 42.0 Å². The first-order valence-electron chi connectivity index (χ1n) is 13.5. The summed E-state index contributed by atoms with van der Waals surface area (Å²) in [5.74, 6) is 0.725. The number of benzene rings is 3. The molecule has 1 aliphatic rings. The summed E-state index contributed by atoms with van der Waals surface area (Å²) in [6, 6.07) is 23.5. The number of hydrogen-bond acceptors (Lipinski definition) is 7. The molecule has 2 heterocycles. The highest BCUT2D eigenvalue weighted by atomic mass is 32.2. The second kappa shape index (κ2) is 12.7. The first-order valence-corrected chi connectivity index (χ1v) is 15.0. The van der Waals surface area contributed by atoms with Crippen molar-refractivity contribution in [3.05, 3.63) is 102 Å². The molecule has 0 N–H and O–H groups in total. The van der Waals surface area contributed by atoms with Gasteiger partial charge in [0, 0.05) is 38.3 Å². The third kappa shape index (κ3) is 6.75. The van der Waals surface area contributed by atoms with E-state index in [4.69, 9.17) is 4.74 Å². The molecule has 0 unspecified atom stereocenters. The van der Waals surface area contributed by atoms with Crippen LogP contribution in [0.2, 0.25) is 0 Å². The molecule has 42 heavy (non-hydrogen) atoms. The van der Waals surface area contributed by atoms with Crippen molar-refractivity contribution in [2.45, 2.75) is 18.4 Å². The van der Waals surface area contributed by atoms with Gasteiger partial charge in [-0.2, -0.15) is 4.31 Å². The molecule has 0 aliphatic carbocycles. The fraction of sp³-hybridized carbons (Fsp3) is 0.258. The normalized spacial score (nSPS) is 13.8. The summed E-state index contributed by atoms with van der Waals surface area (Å²) in [5.41, 5.74) is 3.13. The Balaban J connectivity index is 1.25. The van der Waals surface area contributed by atoms with E-state index in [-0.39, 0.29) is 23.9 Å². The Morgan fingerprint density at radius 1 is 0.929 bits per heavy atom. The number of amides is 1. The van der Waals surface area contributed by atoms with Crippen LogP contribution in [0.25, 0.3) is 11.3 Å². The maximum absolute atomic E-state index is 13.6. The molecule has 1 amide bonds. The van der Waals surface area contributed by atoms with Crippen LogP contribution in [0.15, 0.2) is 89.8 Å². The van der Waals surface area contributed by atoms with Crippen LogP contribution in [0, 0.1) is 12.7 Å². The van der Waals surface area contributed by atoms with Crippen molar-refractivity contribution in [1.82, 2.24) is 19.4 Å². The summed E-state index contributed by atoms with van der Waals surface area (Å²) in [4.78, 5) is 17.2. The lowest BCUT2D eigenvalue weighted by Crippen LogP contribution is -2.52. The number of carbonyl (C=O) groups is 1. The lowest BCUT2D eigenvalue weighted by atomic mass is 10.1. The molecule has 1 fully saturated rings. The van der Waals surface area contributed by atoms with Gasteiger partial charge in [0.2, 0.25) is 15.9 Å². The van der Waals surface area contributed by atoms with Crippen LogP contribution in [0.3, 0.4) is 0 Å². The second-order valence-corrected chi connectivity index (χ2v) is 12.0. The van der Waals surface area contributed by atoms with E-state index < -0.39 is 15.8 Å². The van der Waals surface area contributed by atoms with Crippen molar-refractivity contribution in [2.24, 2.45) is 0 Å². The molecule has 0 spiro atoms. The summed E-state index contributed by atoms with van der Waals surface area (Å²) < 4.78 is 47.1. The zero-order valence-corrected chi connectivity index (χ0v) is 24.3. The standard InChI is InChI=1S/C31H32FN5O4S/c1-23-6-12-28(13-7-23)42(39,40)37(21-24-8-10-26(32)11-9-24)22-31(38)36-18-16-35(17-19-36)30-15-14-29(33-34-30)25-4-3-5-27(20-25)41-2/h3-15,20H,16-19,21-22H2,1-2H3. The van der Waals surface area contributed by atoms with Crippen molar-refractivity contribution in [2.75, 3.05) is 44.7 Å². The van der Waals surface area contributed by atoms with Crippen molar-refractivity contribution in [3.63, 3.8) is 0 Å². The number of methoxy groups -OCH3 is 1.